The van der Waals surface area contributed by atoms with Gasteiger partial charge >= 0.3 is 0 Å². The highest BCUT2D eigenvalue weighted by atomic mass is 32.2. The lowest BCUT2D eigenvalue weighted by Gasteiger charge is -2.37. The van der Waals surface area contributed by atoms with Gasteiger partial charge in [-0.05, 0) is 49.9 Å². The quantitative estimate of drug-likeness (QED) is 0.792. The van der Waals surface area contributed by atoms with Gasteiger partial charge in [0.05, 0.1) is 10.8 Å². The fraction of sp³-hybridized carbons (Fsp3) is 0.619. The van der Waals surface area contributed by atoms with Gasteiger partial charge in [-0.15, -0.1) is 0 Å². The Balaban J connectivity index is 1.68. The number of hydrogen-bond acceptors (Lipinski definition) is 4. The molecule has 7 nitrogen and oxygen atoms in total. The third kappa shape index (κ3) is 5.17. The molecule has 0 aromatic heterocycles. The van der Waals surface area contributed by atoms with Gasteiger partial charge in [0.15, 0.2) is 0 Å². The van der Waals surface area contributed by atoms with Crippen LogP contribution in [0.3, 0.4) is 0 Å². The minimum absolute atomic E-state index is 0.0674. The van der Waals surface area contributed by atoms with E-state index >= 15 is 0 Å². The van der Waals surface area contributed by atoms with E-state index in [1.807, 2.05) is 11.9 Å². The molecule has 1 unspecified atom stereocenters. The lowest BCUT2D eigenvalue weighted by molar-refractivity contribution is -0.138. The molecule has 0 spiro atoms. The van der Waals surface area contributed by atoms with Crippen molar-refractivity contribution in [1.29, 1.82) is 0 Å². The van der Waals surface area contributed by atoms with Crippen molar-refractivity contribution in [3.63, 3.8) is 0 Å². The maximum Gasteiger partial charge on any atom is 0.243 e. The zero-order valence-electron chi connectivity index (χ0n) is 17.3. The van der Waals surface area contributed by atoms with Crippen molar-refractivity contribution in [3.05, 3.63) is 24.3 Å². The van der Waals surface area contributed by atoms with Crippen LogP contribution in [0, 0.1) is 5.92 Å². The van der Waals surface area contributed by atoms with Crippen molar-refractivity contribution in [3.8, 4) is 0 Å². The van der Waals surface area contributed by atoms with Gasteiger partial charge in [-0.25, -0.2) is 8.42 Å². The van der Waals surface area contributed by atoms with Crippen LogP contribution >= 0.6 is 0 Å². The number of sulfonamides is 1. The topological polar surface area (TPSA) is 86.8 Å². The molecule has 0 radical (unpaired) electrons. The summed E-state index contributed by atoms with van der Waals surface area (Å²) in [6.07, 6.45) is 7.02. The first-order valence-corrected chi connectivity index (χ1v) is 11.9. The summed E-state index contributed by atoms with van der Waals surface area (Å²) in [5.41, 5.74) is 0.553. The van der Waals surface area contributed by atoms with Crippen LogP contribution in [-0.2, 0) is 19.6 Å². The second kappa shape index (κ2) is 9.26. The van der Waals surface area contributed by atoms with Gasteiger partial charge in [0.25, 0.3) is 0 Å². The number of carbonyl (C=O) groups excluding carboxylic acids is 2. The minimum atomic E-state index is -3.67. The maximum atomic E-state index is 13.1. The Morgan fingerprint density at radius 2 is 1.69 bits per heavy atom. The molecule has 29 heavy (non-hydrogen) atoms. The fourth-order valence-electron chi connectivity index (χ4n) is 4.36. The van der Waals surface area contributed by atoms with E-state index in [-0.39, 0.29) is 35.2 Å². The number of nitrogens with one attached hydrogen (secondary N) is 1. The van der Waals surface area contributed by atoms with Crippen molar-refractivity contribution in [2.45, 2.75) is 62.8 Å². The Hall–Kier alpha value is -1.93. The maximum absolute atomic E-state index is 13.1. The predicted molar refractivity (Wildman–Crippen MR) is 112 cm³/mol. The highest BCUT2D eigenvalue weighted by Gasteiger charge is 2.35. The van der Waals surface area contributed by atoms with Crippen LogP contribution in [0.2, 0.25) is 0 Å². The number of nitrogens with zero attached hydrogens (tertiary/aromatic N) is 2. The normalized spacial score (nSPS) is 21.5. The van der Waals surface area contributed by atoms with E-state index in [1.54, 1.807) is 12.1 Å². The summed E-state index contributed by atoms with van der Waals surface area (Å²) in [4.78, 5) is 26.2. The summed E-state index contributed by atoms with van der Waals surface area (Å²) in [6.45, 7) is 2.05. The average molecular weight is 422 g/mol. The molecule has 3 rings (SSSR count). The summed E-state index contributed by atoms with van der Waals surface area (Å²) >= 11 is 0. The summed E-state index contributed by atoms with van der Waals surface area (Å²) in [7, 11) is -1.81. The number of carbonyl (C=O) groups is 2. The number of anilines is 1. The predicted octanol–water partition coefficient (Wildman–Crippen LogP) is 2.84. The van der Waals surface area contributed by atoms with Crippen molar-refractivity contribution >= 4 is 27.5 Å². The molecule has 1 aliphatic carbocycles. The molecule has 1 aromatic carbocycles. The second-order valence-corrected chi connectivity index (χ2v) is 10.1. The van der Waals surface area contributed by atoms with Gasteiger partial charge in [0, 0.05) is 38.8 Å². The first-order valence-electron chi connectivity index (χ1n) is 10.4. The molecule has 2 fully saturated rings. The molecule has 160 valence electrons. The Labute approximate surface area is 173 Å². The Kier molecular flexibility index (Phi) is 6.95. The highest BCUT2D eigenvalue weighted by molar-refractivity contribution is 7.89. The summed E-state index contributed by atoms with van der Waals surface area (Å²) in [6, 6.07) is 6.44. The van der Waals surface area contributed by atoms with E-state index in [2.05, 4.69) is 5.32 Å². The van der Waals surface area contributed by atoms with E-state index in [0.717, 1.165) is 32.1 Å². The molecule has 2 amide bonds. The van der Waals surface area contributed by atoms with Crippen LogP contribution in [-0.4, -0.2) is 55.6 Å². The number of piperidine rings is 1. The molecule has 1 saturated carbocycles. The van der Waals surface area contributed by atoms with Crippen LogP contribution in [0.15, 0.2) is 29.2 Å². The Bertz CT molecular complexity index is 832. The summed E-state index contributed by atoms with van der Waals surface area (Å²) < 4.78 is 27.6. The van der Waals surface area contributed by atoms with E-state index < -0.39 is 10.0 Å². The molecule has 1 atom stereocenters. The minimum Gasteiger partial charge on any atom is -0.342 e. The van der Waals surface area contributed by atoms with Crippen molar-refractivity contribution in [2.24, 2.45) is 5.92 Å². The zero-order chi connectivity index (χ0) is 21.0. The molecule has 1 saturated heterocycles. The van der Waals surface area contributed by atoms with Gasteiger partial charge in [-0.1, -0.05) is 19.3 Å². The Morgan fingerprint density at radius 1 is 1.03 bits per heavy atom. The first kappa shape index (κ1) is 21.8. The molecule has 8 heteroatoms. The van der Waals surface area contributed by atoms with Gasteiger partial charge in [-0.3, -0.25) is 9.59 Å². The van der Waals surface area contributed by atoms with Crippen molar-refractivity contribution in [2.75, 3.05) is 25.5 Å². The Morgan fingerprint density at radius 3 is 2.31 bits per heavy atom. The molecule has 1 N–H and O–H groups in total. The third-order valence-electron chi connectivity index (χ3n) is 6.02. The molecule has 0 bridgehead atoms. The van der Waals surface area contributed by atoms with Crippen LogP contribution in [0.5, 0.6) is 0 Å². The summed E-state index contributed by atoms with van der Waals surface area (Å²) in [5.74, 6) is -0.429. The molecule has 2 aliphatic rings. The van der Waals surface area contributed by atoms with Crippen molar-refractivity contribution in [1.82, 2.24) is 9.21 Å². The van der Waals surface area contributed by atoms with Crippen LogP contribution in [0.25, 0.3) is 0 Å². The SMILES string of the molecule is CC(=O)Nc1ccc(S(=O)(=O)N2CCCC(C(=O)N(C)C3CCCCC3)C2)cc1. The van der Waals surface area contributed by atoms with E-state index in [9.17, 15) is 18.0 Å². The van der Waals surface area contributed by atoms with Crippen LogP contribution in [0.1, 0.15) is 51.9 Å². The first-order chi connectivity index (χ1) is 13.8. The molecular weight excluding hydrogens is 390 g/mol. The number of amides is 2. The number of hydrogen-bond donors (Lipinski definition) is 1. The average Bonchev–Trinajstić information content (AvgIpc) is 2.73. The fourth-order valence-corrected chi connectivity index (χ4v) is 5.88. The third-order valence-corrected chi connectivity index (χ3v) is 7.90. The number of benzene rings is 1. The van der Waals surface area contributed by atoms with E-state index in [1.165, 1.54) is 29.8 Å². The summed E-state index contributed by atoms with van der Waals surface area (Å²) in [5, 5.41) is 2.63. The van der Waals surface area contributed by atoms with E-state index in [0.29, 0.717) is 18.7 Å². The molecule has 1 aromatic rings. The number of rotatable bonds is 5. The monoisotopic (exact) mass is 421 g/mol. The second-order valence-electron chi connectivity index (χ2n) is 8.15. The molecule has 1 aliphatic heterocycles. The van der Waals surface area contributed by atoms with Crippen LogP contribution in [0.4, 0.5) is 5.69 Å². The van der Waals surface area contributed by atoms with Gasteiger partial charge in [0.1, 0.15) is 0 Å². The van der Waals surface area contributed by atoms with E-state index in [4.69, 9.17) is 0 Å². The largest absolute Gasteiger partial charge is 0.342 e. The molecular formula is C21H31N3O4S. The zero-order valence-corrected chi connectivity index (χ0v) is 18.1. The van der Waals surface area contributed by atoms with Gasteiger partial charge in [-0.2, -0.15) is 4.31 Å². The lowest BCUT2D eigenvalue weighted by Crippen LogP contribution is -2.48. The van der Waals surface area contributed by atoms with Crippen molar-refractivity contribution < 1.29 is 18.0 Å². The smallest absolute Gasteiger partial charge is 0.243 e. The van der Waals surface area contributed by atoms with Gasteiger partial charge < -0.3 is 10.2 Å². The standard InChI is InChI=1S/C21H31N3O4S/c1-16(25)22-18-10-12-20(13-11-18)29(27,28)24-14-6-7-17(15-24)21(26)23(2)19-8-4-3-5-9-19/h10-13,17,19H,3-9,14-15H2,1-2H3,(H,22,25). The van der Waals surface area contributed by atoms with Gasteiger partial charge in [0.2, 0.25) is 21.8 Å². The molecule has 1 heterocycles. The lowest BCUT2D eigenvalue weighted by atomic mass is 9.92. The highest BCUT2D eigenvalue weighted by Crippen LogP contribution is 2.28. The van der Waals surface area contributed by atoms with Crippen LogP contribution < -0.4 is 5.32 Å².